The van der Waals surface area contributed by atoms with Crippen LogP contribution in [0.2, 0.25) is 0 Å². The normalized spacial score (nSPS) is 26.7. The zero-order valence-electron chi connectivity index (χ0n) is 17.9. The third kappa shape index (κ3) is 3.00. The topological polar surface area (TPSA) is 71.4 Å². The van der Waals surface area contributed by atoms with Crippen molar-refractivity contribution >= 4 is 11.5 Å². The Balaban J connectivity index is 1.92. The number of carbonyl (C=O) groups is 1. The summed E-state index contributed by atoms with van der Waals surface area (Å²) in [5.74, 6) is 1.47. The molecule has 0 aromatic heterocycles. The van der Waals surface area contributed by atoms with Crippen LogP contribution in [0.25, 0.3) is 0 Å². The average Bonchev–Trinajstić information content (AvgIpc) is 2.70. The van der Waals surface area contributed by atoms with E-state index in [2.05, 4.69) is 43.0 Å². The van der Waals surface area contributed by atoms with Crippen molar-refractivity contribution in [1.29, 1.82) is 0 Å². The summed E-state index contributed by atoms with van der Waals surface area (Å²) in [6, 6.07) is 4.15. The van der Waals surface area contributed by atoms with Gasteiger partial charge in [-0.2, -0.15) is 0 Å². The lowest BCUT2D eigenvalue weighted by molar-refractivity contribution is -0.118. The summed E-state index contributed by atoms with van der Waals surface area (Å²) in [7, 11) is 3.30. The molecule has 0 saturated heterocycles. The Bertz CT molecular complexity index is 916. The lowest BCUT2D eigenvalue weighted by Gasteiger charge is -2.51. The van der Waals surface area contributed by atoms with Gasteiger partial charge in [0.25, 0.3) is 0 Å². The van der Waals surface area contributed by atoms with Gasteiger partial charge in [0, 0.05) is 24.6 Å². The third-order valence-electron chi connectivity index (χ3n) is 6.66. The fourth-order valence-electron chi connectivity index (χ4n) is 5.41. The van der Waals surface area contributed by atoms with Crippen LogP contribution in [0, 0.1) is 11.3 Å². The van der Waals surface area contributed by atoms with Gasteiger partial charge in [-0.05, 0) is 47.9 Å². The van der Waals surface area contributed by atoms with Crippen molar-refractivity contribution in [2.45, 2.75) is 52.5 Å². The summed E-state index contributed by atoms with van der Waals surface area (Å²) in [5, 5.41) is 13.6. The van der Waals surface area contributed by atoms with Crippen LogP contribution in [-0.2, 0) is 11.2 Å². The molecule has 29 heavy (non-hydrogen) atoms. The second-order valence-electron chi connectivity index (χ2n) is 9.06. The monoisotopic (exact) mass is 398 g/mol. The van der Waals surface area contributed by atoms with E-state index in [1.807, 2.05) is 0 Å². The summed E-state index contributed by atoms with van der Waals surface area (Å²) in [6.07, 6.45) is 2.95. The molecule has 2 atom stereocenters. The molecule has 156 valence electrons. The molecule has 0 bridgehead atoms. The maximum atomic E-state index is 13.1. The minimum Gasteiger partial charge on any atom is -0.493 e. The van der Waals surface area contributed by atoms with E-state index in [1.165, 1.54) is 11.1 Å². The fraction of sp³-hybridized carbons (Fsp3) is 0.565. The number of Topliss-reactive ketones (excluding diaryl/α,β-unsaturated/α-hetero) is 1. The zero-order chi connectivity index (χ0) is 20.9. The van der Waals surface area contributed by atoms with Crippen molar-refractivity contribution in [3.63, 3.8) is 0 Å². The van der Waals surface area contributed by atoms with Gasteiger partial charge in [0.15, 0.2) is 17.3 Å². The number of rotatable bonds is 3. The summed E-state index contributed by atoms with van der Waals surface area (Å²) in [4.78, 5) is 15.5. The molecule has 4 rings (SSSR count). The molecular weight excluding hydrogens is 368 g/mol. The van der Waals surface area contributed by atoms with Gasteiger partial charge in [-0.15, -0.1) is 0 Å². The molecule has 3 aliphatic rings. The van der Waals surface area contributed by atoms with Crippen LogP contribution < -0.4 is 9.47 Å². The van der Waals surface area contributed by atoms with Crippen molar-refractivity contribution in [3.05, 3.63) is 34.5 Å². The first-order valence-corrected chi connectivity index (χ1v) is 10.3. The van der Waals surface area contributed by atoms with Crippen LogP contribution in [0.15, 0.2) is 28.6 Å². The SMILES string of the molecule is CC[C@@H]1/C(=N\O)C2=C(CC(C)(C)CC2=O)N2CCc3cc(OC)c(OC)cc3[C@H]12. The number of oxime groups is 1. The van der Waals surface area contributed by atoms with Gasteiger partial charge in [0.05, 0.1) is 31.5 Å². The molecule has 1 aromatic rings. The van der Waals surface area contributed by atoms with Crippen molar-refractivity contribution in [2.24, 2.45) is 16.5 Å². The molecule has 1 aliphatic carbocycles. The van der Waals surface area contributed by atoms with E-state index in [0.29, 0.717) is 23.5 Å². The Hall–Kier alpha value is -2.50. The maximum absolute atomic E-state index is 13.1. The molecule has 0 spiro atoms. The minimum absolute atomic E-state index is 0.0231. The number of ether oxygens (including phenoxy) is 2. The first kappa shape index (κ1) is 19.8. The predicted molar refractivity (Wildman–Crippen MR) is 111 cm³/mol. The van der Waals surface area contributed by atoms with E-state index in [4.69, 9.17) is 9.47 Å². The van der Waals surface area contributed by atoms with Crippen molar-refractivity contribution in [2.75, 3.05) is 20.8 Å². The molecule has 1 N–H and O–H groups in total. The Morgan fingerprint density at radius 3 is 2.52 bits per heavy atom. The van der Waals surface area contributed by atoms with E-state index in [1.54, 1.807) is 14.2 Å². The van der Waals surface area contributed by atoms with Crippen LogP contribution in [-0.4, -0.2) is 42.4 Å². The standard InChI is InChI=1S/C23H30N2O4/c1-6-14-21(24-27)20-16(11-23(2,3)12-17(20)26)25-8-7-13-9-18(28-4)19(29-5)10-15(13)22(14)25/h9-10,14,22,27H,6-8,11-12H2,1-5H3/b24-21+/t14-,22+/m1/s1. The molecule has 6 heteroatoms. The van der Waals surface area contributed by atoms with Crippen LogP contribution in [0.3, 0.4) is 0 Å². The Labute approximate surface area is 172 Å². The highest BCUT2D eigenvalue weighted by molar-refractivity contribution is 6.24. The molecule has 1 aromatic carbocycles. The minimum atomic E-state index is -0.0992. The molecule has 0 radical (unpaired) electrons. The number of hydrogen-bond donors (Lipinski definition) is 1. The van der Waals surface area contributed by atoms with E-state index in [-0.39, 0.29) is 23.2 Å². The van der Waals surface area contributed by atoms with Gasteiger partial charge in [-0.25, -0.2) is 0 Å². The Morgan fingerprint density at radius 1 is 1.21 bits per heavy atom. The molecule has 2 aliphatic heterocycles. The molecule has 0 saturated carbocycles. The summed E-state index contributed by atoms with van der Waals surface area (Å²) in [6.45, 7) is 7.20. The first-order chi connectivity index (χ1) is 13.8. The van der Waals surface area contributed by atoms with Crippen LogP contribution in [0.4, 0.5) is 0 Å². The number of ketones is 1. The average molecular weight is 399 g/mol. The molecule has 0 fully saturated rings. The van der Waals surface area contributed by atoms with Gasteiger partial charge in [0.2, 0.25) is 0 Å². The van der Waals surface area contributed by atoms with E-state index >= 15 is 0 Å². The molecule has 6 nitrogen and oxygen atoms in total. The van der Waals surface area contributed by atoms with Gasteiger partial charge in [-0.3, -0.25) is 4.79 Å². The zero-order valence-corrected chi connectivity index (χ0v) is 17.9. The number of benzene rings is 1. The first-order valence-electron chi connectivity index (χ1n) is 10.3. The Kier molecular flexibility index (Phi) is 4.83. The second kappa shape index (κ2) is 7.08. The summed E-state index contributed by atoms with van der Waals surface area (Å²) < 4.78 is 11.1. The van der Waals surface area contributed by atoms with Gasteiger partial charge in [0.1, 0.15) is 0 Å². The van der Waals surface area contributed by atoms with Crippen molar-refractivity contribution in [3.8, 4) is 11.5 Å². The lowest BCUT2D eigenvalue weighted by Crippen LogP contribution is -2.50. The van der Waals surface area contributed by atoms with Gasteiger partial charge < -0.3 is 19.6 Å². The summed E-state index contributed by atoms with van der Waals surface area (Å²) in [5.41, 5.74) is 4.53. The van der Waals surface area contributed by atoms with E-state index in [9.17, 15) is 10.0 Å². The quantitative estimate of drug-likeness (QED) is 0.613. The molecule has 0 amide bonds. The number of carbonyl (C=O) groups excluding carboxylic acids is 1. The van der Waals surface area contributed by atoms with Gasteiger partial charge in [-0.1, -0.05) is 25.9 Å². The fourth-order valence-corrected chi connectivity index (χ4v) is 5.41. The van der Waals surface area contributed by atoms with E-state index in [0.717, 1.165) is 37.3 Å². The molecular formula is C23H30N2O4. The van der Waals surface area contributed by atoms with Crippen molar-refractivity contribution < 1.29 is 19.5 Å². The van der Waals surface area contributed by atoms with Gasteiger partial charge >= 0.3 is 0 Å². The smallest absolute Gasteiger partial charge is 0.167 e. The maximum Gasteiger partial charge on any atom is 0.167 e. The molecule has 0 unspecified atom stereocenters. The lowest BCUT2D eigenvalue weighted by atomic mass is 9.67. The third-order valence-corrected chi connectivity index (χ3v) is 6.66. The second-order valence-corrected chi connectivity index (χ2v) is 9.06. The van der Waals surface area contributed by atoms with Crippen LogP contribution >= 0.6 is 0 Å². The largest absolute Gasteiger partial charge is 0.493 e. The predicted octanol–water partition coefficient (Wildman–Crippen LogP) is 4.12. The number of allylic oxidation sites excluding steroid dienone is 2. The number of methoxy groups -OCH3 is 2. The van der Waals surface area contributed by atoms with Crippen LogP contribution in [0.5, 0.6) is 11.5 Å². The highest BCUT2D eigenvalue weighted by atomic mass is 16.5. The molecule has 2 heterocycles. The highest BCUT2D eigenvalue weighted by Crippen LogP contribution is 2.51. The number of nitrogens with zero attached hydrogens (tertiary/aromatic N) is 2. The number of fused-ring (bicyclic) bond motifs is 4. The number of hydrogen-bond acceptors (Lipinski definition) is 6. The van der Waals surface area contributed by atoms with E-state index < -0.39 is 0 Å². The summed E-state index contributed by atoms with van der Waals surface area (Å²) >= 11 is 0. The Morgan fingerprint density at radius 2 is 1.90 bits per heavy atom. The highest BCUT2D eigenvalue weighted by Gasteiger charge is 2.48. The van der Waals surface area contributed by atoms with Crippen LogP contribution in [0.1, 0.15) is 57.2 Å². The van der Waals surface area contributed by atoms with Crippen molar-refractivity contribution in [1.82, 2.24) is 4.90 Å².